The van der Waals surface area contributed by atoms with Gasteiger partial charge < -0.3 is 19.4 Å². The molecule has 1 aromatic heterocycles. The number of unbranched alkanes of at least 4 members (excludes halogenated alkanes) is 1. The molecule has 0 radical (unpaired) electrons. The van der Waals surface area contributed by atoms with Gasteiger partial charge in [-0.2, -0.15) is 0 Å². The van der Waals surface area contributed by atoms with Crippen LogP contribution in [0.4, 0.5) is 4.79 Å². The summed E-state index contributed by atoms with van der Waals surface area (Å²) in [6.07, 6.45) is 7.30. The van der Waals surface area contributed by atoms with Gasteiger partial charge in [-0.25, -0.2) is 4.79 Å². The lowest BCUT2D eigenvalue weighted by Gasteiger charge is -2.32. The van der Waals surface area contributed by atoms with Crippen molar-refractivity contribution in [1.82, 2.24) is 19.7 Å². The van der Waals surface area contributed by atoms with Gasteiger partial charge in [0.25, 0.3) is 0 Å². The number of amides is 1. The summed E-state index contributed by atoms with van der Waals surface area (Å²) in [6.45, 7) is 7.52. The highest BCUT2D eigenvalue weighted by atomic mass is 35.5. The molecule has 0 unspecified atom stereocenters. The van der Waals surface area contributed by atoms with Crippen LogP contribution in [-0.4, -0.2) is 85.2 Å². The van der Waals surface area contributed by atoms with Crippen LogP contribution >= 0.6 is 11.6 Å². The van der Waals surface area contributed by atoms with Crippen molar-refractivity contribution < 1.29 is 9.53 Å². The first-order valence-electron chi connectivity index (χ1n) is 13.4. The van der Waals surface area contributed by atoms with E-state index >= 15 is 0 Å². The van der Waals surface area contributed by atoms with Gasteiger partial charge in [0.05, 0.1) is 12.3 Å². The third-order valence-corrected chi connectivity index (χ3v) is 8.03. The third-order valence-electron chi connectivity index (χ3n) is 7.80. The molecule has 0 atom stereocenters. The van der Waals surface area contributed by atoms with Crippen molar-refractivity contribution in [3.63, 3.8) is 0 Å². The van der Waals surface area contributed by atoms with E-state index in [-0.39, 0.29) is 6.09 Å². The van der Waals surface area contributed by atoms with Crippen molar-refractivity contribution in [3.05, 3.63) is 69.5 Å². The van der Waals surface area contributed by atoms with Crippen molar-refractivity contribution in [3.8, 4) is 0 Å². The Bertz CT molecular complexity index is 1100. The zero-order chi connectivity index (χ0) is 24.9. The molecule has 3 aliphatic rings. The summed E-state index contributed by atoms with van der Waals surface area (Å²) in [5.41, 5.74) is 7.50. The Kier molecular flexibility index (Phi) is 8.25. The molecule has 1 amide bonds. The van der Waals surface area contributed by atoms with Gasteiger partial charge in [-0.05, 0) is 87.0 Å². The predicted molar refractivity (Wildman–Crippen MR) is 144 cm³/mol. The monoisotopic (exact) mass is 508 g/mol. The van der Waals surface area contributed by atoms with Gasteiger partial charge in [0.2, 0.25) is 0 Å². The maximum absolute atomic E-state index is 12.7. The number of pyridine rings is 1. The first-order valence-corrected chi connectivity index (χ1v) is 13.7. The van der Waals surface area contributed by atoms with E-state index in [0.717, 1.165) is 82.0 Å². The van der Waals surface area contributed by atoms with Crippen molar-refractivity contribution >= 4 is 23.3 Å². The Balaban J connectivity index is 1.18. The average Bonchev–Trinajstić information content (AvgIpc) is 3.06. The van der Waals surface area contributed by atoms with Crippen LogP contribution in [0.25, 0.3) is 5.57 Å². The number of aryl methyl sites for hydroxylation is 2. The second-order valence-corrected chi connectivity index (χ2v) is 10.7. The fourth-order valence-electron chi connectivity index (χ4n) is 5.60. The van der Waals surface area contributed by atoms with E-state index in [2.05, 4.69) is 35.0 Å². The molecular weight excluding hydrogens is 472 g/mol. The van der Waals surface area contributed by atoms with Gasteiger partial charge in [0.15, 0.2) is 0 Å². The number of likely N-dealkylation sites (N-methyl/N-ethyl adjacent to an activating group) is 1. The Morgan fingerprint density at radius 1 is 0.972 bits per heavy atom. The molecule has 0 bridgehead atoms. The molecule has 5 rings (SSSR count). The lowest BCUT2D eigenvalue weighted by Crippen LogP contribution is -2.44. The summed E-state index contributed by atoms with van der Waals surface area (Å²) in [5, 5.41) is 0.776. The minimum absolute atomic E-state index is 0.176. The van der Waals surface area contributed by atoms with E-state index in [1.165, 1.54) is 27.8 Å². The Morgan fingerprint density at radius 3 is 2.56 bits per heavy atom. The van der Waals surface area contributed by atoms with Crippen LogP contribution in [0.5, 0.6) is 0 Å². The Labute approximate surface area is 219 Å². The van der Waals surface area contributed by atoms with E-state index in [1.807, 2.05) is 23.2 Å². The molecule has 1 aromatic carbocycles. The van der Waals surface area contributed by atoms with Gasteiger partial charge in [-0.15, -0.1) is 0 Å². The van der Waals surface area contributed by atoms with Crippen LogP contribution in [0.1, 0.15) is 48.1 Å². The second kappa shape index (κ2) is 11.8. The molecule has 7 heteroatoms. The number of nitrogens with zero attached hydrogens (tertiary/aromatic N) is 4. The van der Waals surface area contributed by atoms with Crippen LogP contribution in [0.15, 0.2) is 42.1 Å². The number of hydrogen-bond donors (Lipinski definition) is 0. The van der Waals surface area contributed by atoms with Crippen LogP contribution in [0.2, 0.25) is 5.02 Å². The number of piperidine rings is 1. The van der Waals surface area contributed by atoms with Crippen molar-refractivity contribution in [1.29, 1.82) is 0 Å². The number of fused-ring (bicyclic) bond motifs is 2. The number of ether oxygens (including phenoxy) is 1. The number of hydrogen-bond acceptors (Lipinski definition) is 5. The minimum atomic E-state index is -0.176. The minimum Gasteiger partial charge on any atom is -0.449 e. The van der Waals surface area contributed by atoms with E-state index in [1.54, 1.807) is 0 Å². The van der Waals surface area contributed by atoms with Crippen LogP contribution in [-0.2, 0) is 17.6 Å². The zero-order valence-electron chi connectivity index (χ0n) is 21.3. The molecule has 0 spiro atoms. The molecule has 2 fully saturated rings. The first kappa shape index (κ1) is 25.2. The largest absolute Gasteiger partial charge is 0.449 e. The molecule has 6 nitrogen and oxygen atoms in total. The summed E-state index contributed by atoms with van der Waals surface area (Å²) in [5.74, 6) is 0. The lowest BCUT2D eigenvalue weighted by molar-refractivity contribution is 0.0955. The summed E-state index contributed by atoms with van der Waals surface area (Å²) in [7, 11) is 2.18. The number of rotatable bonds is 5. The van der Waals surface area contributed by atoms with Crippen LogP contribution < -0.4 is 0 Å². The topological polar surface area (TPSA) is 48.9 Å². The van der Waals surface area contributed by atoms with Crippen molar-refractivity contribution in [2.24, 2.45) is 0 Å². The summed E-state index contributed by atoms with van der Waals surface area (Å²) in [6, 6.07) is 10.4. The van der Waals surface area contributed by atoms with Gasteiger partial charge in [-0.1, -0.05) is 29.3 Å². The maximum Gasteiger partial charge on any atom is 0.409 e. The molecule has 2 saturated heterocycles. The zero-order valence-corrected chi connectivity index (χ0v) is 22.1. The Morgan fingerprint density at radius 2 is 1.75 bits per heavy atom. The smallest absolute Gasteiger partial charge is 0.409 e. The van der Waals surface area contributed by atoms with Gasteiger partial charge in [-0.3, -0.25) is 4.98 Å². The van der Waals surface area contributed by atoms with Gasteiger partial charge in [0, 0.05) is 56.1 Å². The number of benzene rings is 1. The fourth-order valence-corrected chi connectivity index (χ4v) is 5.80. The SMILES string of the molecule is CN1CCN(CCCCOC(=O)N2CCC(=C3c4ccc(Cl)cc4CCc4cccnc43)CC2)CC1. The number of aromatic nitrogens is 1. The molecule has 2 aliphatic heterocycles. The predicted octanol–water partition coefficient (Wildman–Crippen LogP) is 4.90. The number of carbonyl (C=O) groups is 1. The van der Waals surface area contributed by atoms with Gasteiger partial charge in [0.1, 0.15) is 0 Å². The van der Waals surface area contributed by atoms with E-state index in [4.69, 9.17) is 21.3 Å². The third kappa shape index (κ3) is 5.93. The normalized spacial score (nSPS) is 19.0. The van der Waals surface area contributed by atoms with E-state index in [9.17, 15) is 4.79 Å². The molecule has 0 N–H and O–H groups in total. The second-order valence-electron chi connectivity index (χ2n) is 10.2. The Hall–Kier alpha value is -2.41. The lowest BCUT2D eigenvalue weighted by atomic mass is 9.88. The number of halogens is 1. The summed E-state index contributed by atoms with van der Waals surface area (Å²) in [4.78, 5) is 24.3. The quantitative estimate of drug-likeness (QED) is 0.538. The first-order chi connectivity index (χ1) is 17.6. The van der Waals surface area contributed by atoms with Crippen molar-refractivity contribution in [2.75, 3.05) is 59.5 Å². The van der Waals surface area contributed by atoms with E-state index < -0.39 is 0 Å². The molecule has 3 heterocycles. The standard InChI is InChI=1S/C29H37ClN4O2/c1-32-16-18-33(19-17-32)13-2-3-20-36-29(35)34-14-10-22(11-15-34)27-26-9-8-25(30)21-24(26)7-6-23-5-4-12-31-28(23)27/h4-5,8-9,12,21H,2-3,6-7,10-11,13-20H2,1H3. The highest BCUT2D eigenvalue weighted by Crippen LogP contribution is 2.38. The molecule has 36 heavy (non-hydrogen) atoms. The van der Waals surface area contributed by atoms with Gasteiger partial charge >= 0.3 is 6.09 Å². The highest BCUT2D eigenvalue weighted by Gasteiger charge is 2.27. The molecular formula is C29H37ClN4O2. The molecule has 192 valence electrons. The fraction of sp³-hybridized carbons (Fsp3) is 0.517. The molecule has 0 saturated carbocycles. The molecule has 2 aromatic rings. The molecule has 1 aliphatic carbocycles. The number of carbonyl (C=O) groups excluding carboxylic acids is 1. The van der Waals surface area contributed by atoms with Crippen LogP contribution in [0, 0.1) is 0 Å². The highest BCUT2D eigenvalue weighted by molar-refractivity contribution is 6.30. The van der Waals surface area contributed by atoms with Crippen LogP contribution in [0.3, 0.4) is 0 Å². The summed E-state index contributed by atoms with van der Waals surface area (Å²) >= 11 is 6.34. The number of piperazine rings is 1. The average molecular weight is 509 g/mol. The summed E-state index contributed by atoms with van der Waals surface area (Å²) < 4.78 is 5.63. The van der Waals surface area contributed by atoms with E-state index in [0.29, 0.717) is 19.7 Å². The number of likely N-dealkylation sites (tertiary alicyclic amines) is 1. The van der Waals surface area contributed by atoms with Crippen molar-refractivity contribution in [2.45, 2.75) is 38.5 Å². The maximum atomic E-state index is 12.7.